The number of halogens is 1. The molecule has 4 heterocycles. The molecule has 3 aromatic heterocycles. The van der Waals surface area contributed by atoms with Gasteiger partial charge in [-0.25, -0.2) is 0 Å². The van der Waals surface area contributed by atoms with Crippen LogP contribution in [0.3, 0.4) is 0 Å². The first-order chi connectivity index (χ1) is 12.2. The third-order valence-electron chi connectivity index (χ3n) is 4.19. The molecule has 1 N–H and O–H groups in total. The SMILES string of the molecule is S=C1N[C@@H](c2ccccn2)[C@H](c2ccc(Cl)s2)N1Cc1ccncc1. The zero-order valence-corrected chi connectivity index (χ0v) is 15.6. The monoisotopic (exact) mass is 386 g/mol. The summed E-state index contributed by atoms with van der Waals surface area (Å²) in [6, 6.07) is 14.0. The highest BCUT2D eigenvalue weighted by Gasteiger charge is 2.40. The van der Waals surface area contributed by atoms with Gasteiger partial charge in [-0.15, -0.1) is 11.3 Å². The van der Waals surface area contributed by atoms with E-state index < -0.39 is 0 Å². The molecular formula is C18H15ClN4S2. The maximum absolute atomic E-state index is 6.20. The molecule has 3 aromatic rings. The van der Waals surface area contributed by atoms with E-state index in [-0.39, 0.29) is 12.1 Å². The largest absolute Gasteiger partial charge is 0.352 e. The fourth-order valence-corrected chi connectivity index (χ4v) is 4.57. The van der Waals surface area contributed by atoms with E-state index in [1.807, 2.05) is 42.6 Å². The second-order valence-electron chi connectivity index (χ2n) is 5.75. The Labute approximate surface area is 160 Å². The Bertz CT molecular complexity index is 869. The molecule has 25 heavy (non-hydrogen) atoms. The van der Waals surface area contributed by atoms with Crippen LogP contribution in [0.5, 0.6) is 0 Å². The Hall–Kier alpha value is -2.02. The molecule has 0 aromatic carbocycles. The van der Waals surface area contributed by atoms with Crippen LogP contribution in [0.4, 0.5) is 0 Å². The first-order valence-corrected chi connectivity index (χ1v) is 9.45. The van der Waals surface area contributed by atoms with Gasteiger partial charge in [-0.05, 0) is 54.2 Å². The van der Waals surface area contributed by atoms with Crippen LogP contribution < -0.4 is 5.32 Å². The van der Waals surface area contributed by atoms with Gasteiger partial charge in [0.1, 0.15) is 0 Å². The van der Waals surface area contributed by atoms with Gasteiger partial charge in [-0.3, -0.25) is 9.97 Å². The topological polar surface area (TPSA) is 41.1 Å². The molecule has 1 aliphatic rings. The molecule has 1 aliphatic heterocycles. The molecule has 4 rings (SSSR count). The number of nitrogens with one attached hydrogen (secondary N) is 1. The van der Waals surface area contributed by atoms with Crippen LogP contribution in [0.1, 0.15) is 28.2 Å². The van der Waals surface area contributed by atoms with Crippen molar-refractivity contribution in [2.45, 2.75) is 18.6 Å². The van der Waals surface area contributed by atoms with Gasteiger partial charge in [-0.2, -0.15) is 0 Å². The molecule has 126 valence electrons. The molecule has 0 amide bonds. The van der Waals surface area contributed by atoms with Crippen LogP contribution in [-0.4, -0.2) is 20.0 Å². The Balaban J connectivity index is 1.72. The number of pyridine rings is 2. The lowest BCUT2D eigenvalue weighted by molar-refractivity contribution is 0.315. The normalized spacial score (nSPS) is 19.9. The Morgan fingerprint density at radius 2 is 1.96 bits per heavy atom. The maximum atomic E-state index is 6.20. The number of nitrogens with zero attached hydrogens (tertiary/aromatic N) is 3. The Morgan fingerprint density at radius 3 is 2.64 bits per heavy atom. The van der Waals surface area contributed by atoms with Crippen LogP contribution in [0.25, 0.3) is 0 Å². The first kappa shape index (κ1) is 16.4. The average Bonchev–Trinajstić information content (AvgIpc) is 3.20. The van der Waals surface area contributed by atoms with Crippen molar-refractivity contribution >= 4 is 40.3 Å². The molecule has 0 radical (unpaired) electrons. The van der Waals surface area contributed by atoms with Gasteiger partial charge < -0.3 is 10.2 Å². The van der Waals surface area contributed by atoms with Gasteiger partial charge in [0.15, 0.2) is 5.11 Å². The van der Waals surface area contributed by atoms with Crippen molar-refractivity contribution < 1.29 is 0 Å². The molecule has 0 saturated carbocycles. The Kier molecular flexibility index (Phi) is 4.65. The van der Waals surface area contributed by atoms with Crippen LogP contribution in [0.2, 0.25) is 4.34 Å². The van der Waals surface area contributed by atoms with Crippen molar-refractivity contribution in [2.24, 2.45) is 0 Å². The van der Waals surface area contributed by atoms with Crippen molar-refractivity contribution in [3.8, 4) is 0 Å². The quantitative estimate of drug-likeness (QED) is 0.674. The Morgan fingerprint density at radius 1 is 1.12 bits per heavy atom. The second-order valence-corrected chi connectivity index (χ2v) is 7.89. The van der Waals surface area contributed by atoms with Crippen molar-refractivity contribution in [3.63, 3.8) is 0 Å². The number of thiophene rings is 1. The molecule has 0 bridgehead atoms. The molecule has 7 heteroatoms. The van der Waals surface area contributed by atoms with E-state index in [0.717, 1.165) is 20.7 Å². The summed E-state index contributed by atoms with van der Waals surface area (Å²) >= 11 is 13.4. The number of thiocarbonyl (C=S) groups is 1. The van der Waals surface area contributed by atoms with E-state index in [1.165, 1.54) is 4.88 Å². The van der Waals surface area contributed by atoms with E-state index in [9.17, 15) is 0 Å². The van der Waals surface area contributed by atoms with E-state index in [4.69, 9.17) is 23.8 Å². The highest BCUT2D eigenvalue weighted by molar-refractivity contribution is 7.80. The highest BCUT2D eigenvalue weighted by atomic mass is 35.5. The number of aromatic nitrogens is 2. The standard InChI is InChI=1S/C18H15ClN4S2/c19-15-5-4-14(25-15)17-16(13-3-1-2-8-21-13)22-18(24)23(17)11-12-6-9-20-10-7-12/h1-10,16-17H,11H2,(H,22,24)/t16-,17-/m0/s1. The fourth-order valence-electron chi connectivity index (χ4n) is 3.06. The van der Waals surface area contributed by atoms with Gasteiger partial charge in [0, 0.05) is 30.0 Å². The van der Waals surface area contributed by atoms with Gasteiger partial charge in [0.05, 0.1) is 22.1 Å². The van der Waals surface area contributed by atoms with Crippen LogP contribution in [0.15, 0.2) is 61.1 Å². The summed E-state index contributed by atoms with van der Waals surface area (Å²) in [5.41, 5.74) is 2.13. The van der Waals surface area contributed by atoms with Gasteiger partial charge in [0.2, 0.25) is 0 Å². The summed E-state index contributed by atoms with van der Waals surface area (Å²) in [5.74, 6) is 0. The highest BCUT2D eigenvalue weighted by Crippen LogP contribution is 2.42. The summed E-state index contributed by atoms with van der Waals surface area (Å²) in [7, 11) is 0. The third kappa shape index (κ3) is 3.38. The summed E-state index contributed by atoms with van der Waals surface area (Å²) in [6.45, 7) is 0.706. The first-order valence-electron chi connectivity index (χ1n) is 7.84. The molecule has 0 aliphatic carbocycles. The van der Waals surface area contributed by atoms with Crippen LogP contribution in [-0.2, 0) is 6.54 Å². The molecule has 1 fully saturated rings. The lowest BCUT2D eigenvalue weighted by atomic mass is 10.0. The van der Waals surface area contributed by atoms with Crippen LogP contribution >= 0.6 is 35.2 Å². The predicted molar refractivity (Wildman–Crippen MR) is 105 cm³/mol. The van der Waals surface area contributed by atoms with Gasteiger partial charge in [-0.1, -0.05) is 17.7 Å². The van der Waals surface area contributed by atoms with Crippen molar-refractivity contribution in [2.75, 3.05) is 0 Å². The molecule has 4 nitrogen and oxygen atoms in total. The summed E-state index contributed by atoms with van der Waals surface area (Å²) < 4.78 is 0.774. The van der Waals surface area contributed by atoms with Crippen molar-refractivity contribution in [1.29, 1.82) is 0 Å². The van der Waals surface area contributed by atoms with Gasteiger partial charge >= 0.3 is 0 Å². The predicted octanol–water partition coefficient (Wildman–Crippen LogP) is 4.36. The fraction of sp³-hybridized carbons (Fsp3) is 0.167. The number of rotatable bonds is 4. The lowest BCUT2D eigenvalue weighted by Gasteiger charge is -2.26. The summed E-state index contributed by atoms with van der Waals surface area (Å²) in [5, 5.41) is 4.17. The smallest absolute Gasteiger partial charge is 0.170 e. The number of hydrogen-bond acceptors (Lipinski definition) is 4. The third-order valence-corrected chi connectivity index (χ3v) is 5.84. The molecule has 2 atom stereocenters. The minimum Gasteiger partial charge on any atom is -0.352 e. The van der Waals surface area contributed by atoms with Gasteiger partial charge in [0.25, 0.3) is 0 Å². The zero-order chi connectivity index (χ0) is 17.2. The molecule has 0 spiro atoms. The maximum Gasteiger partial charge on any atom is 0.170 e. The van der Waals surface area contributed by atoms with Crippen molar-refractivity contribution in [3.05, 3.63) is 81.5 Å². The lowest BCUT2D eigenvalue weighted by Crippen LogP contribution is -2.28. The van der Waals surface area contributed by atoms with E-state index in [1.54, 1.807) is 23.7 Å². The minimum absolute atomic E-state index is 0.00902. The molecular weight excluding hydrogens is 372 g/mol. The summed E-state index contributed by atoms with van der Waals surface area (Å²) in [6.07, 6.45) is 5.41. The van der Waals surface area contributed by atoms with Crippen molar-refractivity contribution in [1.82, 2.24) is 20.2 Å². The zero-order valence-electron chi connectivity index (χ0n) is 13.2. The second kappa shape index (κ2) is 7.07. The van der Waals surface area contributed by atoms with E-state index in [2.05, 4.69) is 26.3 Å². The summed E-state index contributed by atoms with van der Waals surface area (Å²) in [4.78, 5) is 12.0. The number of hydrogen-bond donors (Lipinski definition) is 1. The molecule has 0 unspecified atom stereocenters. The van der Waals surface area contributed by atoms with E-state index >= 15 is 0 Å². The van der Waals surface area contributed by atoms with Crippen LogP contribution in [0, 0.1) is 0 Å². The molecule has 1 saturated heterocycles. The van der Waals surface area contributed by atoms with E-state index in [0.29, 0.717) is 6.54 Å². The average molecular weight is 387 g/mol. The minimum atomic E-state index is -0.00902.